The SMILES string of the molecule is [C]1=C/C=C\C=C/C=C\C=C/C=C\C=C/C=C\C=C/C=C\C=C/C=C\C\1. The van der Waals surface area contributed by atoms with Gasteiger partial charge in [0, 0.05) is 0 Å². The molecule has 0 bridgehead atoms. The monoisotopic (exact) mass is 325 g/mol. The van der Waals surface area contributed by atoms with Gasteiger partial charge in [-0.15, -0.1) is 0 Å². The third kappa shape index (κ3) is 15.5. The summed E-state index contributed by atoms with van der Waals surface area (Å²) in [7, 11) is 0. The van der Waals surface area contributed by atoms with E-state index in [1.165, 1.54) is 0 Å². The Morgan fingerprint density at radius 3 is 0.960 bits per heavy atom. The van der Waals surface area contributed by atoms with Crippen molar-refractivity contribution in [3.05, 3.63) is 146 Å². The molecule has 1 rings (SSSR count). The zero-order chi connectivity index (χ0) is 17.7. The Balaban J connectivity index is 2.64. The van der Waals surface area contributed by atoms with E-state index in [1.807, 2.05) is 134 Å². The van der Waals surface area contributed by atoms with E-state index in [0.717, 1.165) is 6.42 Å². The fraction of sp³-hybridized carbons (Fsp3) is 0.0400. The van der Waals surface area contributed by atoms with Crippen LogP contribution in [0.15, 0.2) is 140 Å². The van der Waals surface area contributed by atoms with Gasteiger partial charge in [0.25, 0.3) is 0 Å². The van der Waals surface area contributed by atoms with Crippen molar-refractivity contribution in [1.82, 2.24) is 0 Å². The molecule has 0 heterocycles. The highest BCUT2D eigenvalue weighted by Gasteiger charge is 1.70. The molecule has 1 aliphatic rings. The van der Waals surface area contributed by atoms with Crippen LogP contribution in [-0.2, 0) is 0 Å². The minimum atomic E-state index is 0.804. The van der Waals surface area contributed by atoms with Crippen LogP contribution in [0.3, 0.4) is 0 Å². The summed E-state index contributed by atoms with van der Waals surface area (Å²) in [5, 5.41) is 0. The molecule has 0 spiro atoms. The van der Waals surface area contributed by atoms with E-state index >= 15 is 0 Å². The molecule has 0 N–H and O–H groups in total. The van der Waals surface area contributed by atoms with Crippen LogP contribution in [0, 0.1) is 6.08 Å². The van der Waals surface area contributed by atoms with Crippen molar-refractivity contribution >= 4 is 0 Å². The summed E-state index contributed by atoms with van der Waals surface area (Å²) in [5.74, 6) is 0. The number of allylic oxidation sites excluding steroid dienone is 24. The Hall–Kier alpha value is -3.12. The van der Waals surface area contributed by atoms with E-state index in [1.54, 1.807) is 0 Å². The van der Waals surface area contributed by atoms with Crippen LogP contribution in [0.25, 0.3) is 0 Å². The Kier molecular flexibility index (Phi) is 13.7. The summed E-state index contributed by atoms with van der Waals surface area (Å²) in [6, 6.07) is 0. The first-order valence-electron chi connectivity index (χ1n) is 8.38. The quantitative estimate of drug-likeness (QED) is 0.456. The van der Waals surface area contributed by atoms with Gasteiger partial charge in [-0.3, -0.25) is 0 Å². The molecule has 0 aromatic rings. The van der Waals surface area contributed by atoms with Crippen LogP contribution >= 0.6 is 0 Å². The van der Waals surface area contributed by atoms with Crippen LogP contribution in [0.2, 0.25) is 0 Å². The van der Waals surface area contributed by atoms with Gasteiger partial charge >= 0.3 is 0 Å². The minimum Gasteiger partial charge on any atom is -0.0801 e. The van der Waals surface area contributed by atoms with Crippen LogP contribution in [0.5, 0.6) is 0 Å². The van der Waals surface area contributed by atoms with Crippen LogP contribution in [0.4, 0.5) is 0 Å². The van der Waals surface area contributed by atoms with Gasteiger partial charge in [0.15, 0.2) is 0 Å². The molecular weight excluding hydrogens is 300 g/mol. The van der Waals surface area contributed by atoms with E-state index in [2.05, 4.69) is 12.2 Å². The van der Waals surface area contributed by atoms with Crippen molar-refractivity contribution in [3.63, 3.8) is 0 Å². The highest BCUT2D eigenvalue weighted by Crippen LogP contribution is 1.90. The van der Waals surface area contributed by atoms with Gasteiger partial charge in [-0.25, -0.2) is 0 Å². The third-order valence-corrected chi connectivity index (χ3v) is 2.81. The summed E-state index contributed by atoms with van der Waals surface area (Å²) < 4.78 is 0. The Labute approximate surface area is 152 Å². The third-order valence-electron chi connectivity index (χ3n) is 2.81. The van der Waals surface area contributed by atoms with Gasteiger partial charge in [0.05, 0.1) is 0 Å². The molecule has 0 saturated carbocycles. The summed E-state index contributed by atoms with van der Waals surface area (Å²) in [4.78, 5) is 0. The van der Waals surface area contributed by atoms with Crippen molar-refractivity contribution in [2.45, 2.75) is 6.42 Å². The molecule has 0 unspecified atom stereocenters. The number of hydrogen-bond acceptors (Lipinski definition) is 0. The molecule has 0 fully saturated rings. The van der Waals surface area contributed by atoms with Gasteiger partial charge < -0.3 is 0 Å². The zero-order valence-electron chi connectivity index (χ0n) is 14.5. The fourth-order valence-corrected chi connectivity index (χ4v) is 1.63. The molecule has 0 aliphatic heterocycles. The first-order valence-corrected chi connectivity index (χ1v) is 8.38. The molecule has 0 aromatic carbocycles. The molecule has 125 valence electrons. The second-order valence-corrected chi connectivity index (χ2v) is 4.85. The van der Waals surface area contributed by atoms with Gasteiger partial charge in [0.1, 0.15) is 0 Å². The average Bonchev–Trinajstić information content (AvgIpc) is 2.62. The largest absolute Gasteiger partial charge is 0.0801 e. The standard InChI is InChI=1S/C25H25/c1-2-4-6-8-10-12-14-16-18-20-22-24-25-23-21-19-17-15-13-11-9-7-5-3-1/h1-23H,24H2/b2-1-,5-3-,6-4-,9-7-,10-8-,13-11-,14-12-,17-15-,18-16-,21-19-,22-20-,25-23?. The summed E-state index contributed by atoms with van der Waals surface area (Å²) >= 11 is 0. The predicted molar refractivity (Wildman–Crippen MR) is 113 cm³/mol. The smallest absolute Gasteiger partial charge is 0.00915 e. The van der Waals surface area contributed by atoms with Crippen molar-refractivity contribution < 1.29 is 0 Å². The molecule has 0 saturated heterocycles. The molecule has 0 nitrogen and oxygen atoms in total. The molecule has 0 heteroatoms. The topological polar surface area (TPSA) is 0 Å². The van der Waals surface area contributed by atoms with E-state index in [9.17, 15) is 0 Å². The summed E-state index contributed by atoms with van der Waals surface area (Å²) in [6.07, 6.45) is 50.0. The molecular formula is C25H25. The van der Waals surface area contributed by atoms with Crippen molar-refractivity contribution in [2.75, 3.05) is 0 Å². The highest BCUT2D eigenvalue weighted by atomic mass is 13.8. The molecule has 1 aliphatic carbocycles. The lowest BCUT2D eigenvalue weighted by Crippen LogP contribution is -1.59. The summed E-state index contributed by atoms with van der Waals surface area (Å²) in [5.41, 5.74) is 0. The molecule has 0 aromatic heterocycles. The normalized spacial score (nSPS) is 31.7. The molecule has 0 atom stereocenters. The van der Waals surface area contributed by atoms with E-state index in [-0.39, 0.29) is 0 Å². The van der Waals surface area contributed by atoms with Crippen LogP contribution in [0.1, 0.15) is 6.42 Å². The lowest BCUT2D eigenvalue weighted by atomic mass is 10.3. The Morgan fingerprint density at radius 2 is 0.600 bits per heavy atom. The minimum absolute atomic E-state index is 0.804. The second kappa shape index (κ2) is 17.2. The van der Waals surface area contributed by atoms with E-state index in [4.69, 9.17) is 0 Å². The van der Waals surface area contributed by atoms with Gasteiger partial charge in [-0.2, -0.15) is 0 Å². The highest BCUT2D eigenvalue weighted by molar-refractivity contribution is 5.23. The predicted octanol–water partition coefficient (Wildman–Crippen LogP) is 6.87. The fourth-order valence-electron chi connectivity index (χ4n) is 1.63. The maximum absolute atomic E-state index is 3.20. The van der Waals surface area contributed by atoms with E-state index < -0.39 is 0 Å². The van der Waals surface area contributed by atoms with Crippen molar-refractivity contribution in [2.24, 2.45) is 0 Å². The Bertz CT molecular complexity index is 616. The van der Waals surface area contributed by atoms with Crippen molar-refractivity contribution in [3.8, 4) is 0 Å². The summed E-state index contributed by atoms with van der Waals surface area (Å²) in [6.45, 7) is 0. The van der Waals surface area contributed by atoms with E-state index in [0.29, 0.717) is 0 Å². The van der Waals surface area contributed by atoms with Gasteiger partial charge in [-0.05, 0) is 12.5 Å². The van der Waals surface area contributed by atoms with Crippen molar-refractivity contribution in [1.29, 1.82) is 0 Å². The maximum Gasteiger partial charge on any atom is -0.00915 e. The van der Waals surface area contributed by atoms with Gasteiger partial charge in [-0.1, -0.05) is 140 Å². The maximum atomic E-state index is 3.20. The Morgan fingerprint density at radius 1 is 0.320 bits per heavy atom. The lowest BCUT2D eigenvalue weighted by molar-refractivity contribution is 1.34. The van der Waals surface area contributed by atoms with Gasteiger partial charge in [0.2, 0.25) is 0 Å². The van der Waals surface area contributed by atoms with Crippen LogP contribution in [-0.4, -0.2) is 0 Å². The number of hydrogen-bond donors (Lipinski definition) is 0. The lowest BCUT2D eigenvalue weighted by Gasteiger charge is -1.78. The average molecular weight is 325 g/mol. The first-order chi connectivity index (χ1) is 12.5. The number of rotatable bonds is 0. The molecule has 25 heavy (non-hydrogen) atoms. The first kappa shape index (κ1) is 19.9. The molecule has 1 radical (unpaired) electrons. The molecule has 0 amide bonds. The van der Waals surface area contributed by atoms with Crippen LogP contribution < -0.4 is 0 Å². The second-order valence-electron chi connectivity index (χ2n) is 4.85. The zero-order valence-corrected chi connectivity index (χ0v) is 14.5.